The Morgan fingerprint density at radius 1 is 1.29 bits per heavy atom. The van der Waals surface area contributed by atoms with E-state index in [1.807, 2.05) is 19.1 Å². The van der Waals surface area contributed by atoms with Crippen molar-refractivity contribution in [1.29, 1.82) is 0 Å². The van der Waals surface area contributed by atoms with Crippen molar-refractivity contribution in [1.82, 2.24) is 19.6 Å². The van der Waals surface area contributed by atoms with E-state index >= 15 is 0 Å². The molecule has 1 N–H and O–H groups in total. The lowest BCUT2D eigenvalue weighted by Gasteiger charge is -2.35. The Morgan fingerprint density at radius 2 is 2.00 bits per heavy atom. The quantitative estimate of drug-likeness (QED) is 0.901. The summed E-state index contributed by atoms with van der Waals surface area (Å²) in [5.74, 6) is 0. The monoisotopic (exact) mass is 286 g/mol. The van der Waals surface area contributed by atoms with E-state index in [0.29, 0.717) is 12.1 Å². The van der Waals surface area contributed by atoms with E-state index in [1.54, 1.807) is 16.7 Å². The maximum absolute atomic E-state index is 12.2. The van der Waals surface area contributed by atoms with Crippen LogP contribution in [-0.2, 0) is 6.54 Å². The highest BCUT2D eigenvalue weighted by molar-refractivity contribution is 5.41. The average Bonchev–Trinajstić information content (AvgIpc) is 2.36. The van der Waals surface area contributed by atoms with Crippen LogP contribution in [0.4, 0.5) is 0 Å². The van der Waals surface area contributed by atoms with Gasteiger partial charge >= 0.3 is 0 Å². The van der Waals surface area contributed by atoms with Gasteiger partial charge in [0.15, 0.2) is 0 Å². The lowest BCUT2D eigenvalue weighted by molar-refractivity contribution is 0.165. The number of hydrogen-bond acceptors (Lipinski definition) is 4. The van der Waals surface area contributed by atoms with Crippen molar-refractivity contribution in [3.8, 4) is 0 Å². The van der Waals surface area contributed by atoms with Crippen molar-refractivity contribution in [2.75, 3.05) is 13.1 Å². The molecule has 112 valence electrons. The third-order valence-electron chi connectivity index (χ3n) is 3.89. The first-order valence-electron chi connectivity index (χ1n) is 7.48. The van der Waals surface area contributed by atoms with Gasteiger partial charge in [0.2, 0.25) is 0 Å². The summed E-state index contributed by atoms with van der Waals surface area (Å²) in [6.45, 7) is 9.09. The molecule has 0 spiro atoms. The Morgan fingerprint density at radius 3 is 2.71 bits per heavy atom. The highest BCUT2D eigenvalue weighted by Crippen LogP contribution is 2.09. The number of rotatable bonds is 2. The van der Waals surface area contributed by atoms with Crippen LogP contribution in [0.15, 0.2) is 29.2 Å². The average molecular weight is 286 g/mol. The molecule has 2 atom stereocenters. The molecule has 1 aliphatic rings. The number of pyridine rings is 1. The van der Waals surface area contributed by atoms with Gasteiger partial charge in [-0.1, -0.05) is 0 Å². The Kier molecular flexibility index (Phi) is 3.78. The first-order valence-corrected chi connectivity index (χ1v) is 7.48. The second-order valence-corrected chi connectivity index (χ2v) is 6.18. The van der Waals surface area contributed by atoms with Gasteiger partial charge in [0.1, 0.15) is 5.65 Å². The molecule has 0 bridgehead atoms. The molecule has 21 heavy (non-hydrogen) atoms. The van der Waals surface area contributed by atoms with E-state index in [1.165, 1.54) is 0 Å². The van der Waals surface area contributed by atoms with E-state index in [2.05, 4.69) is 29.0 Å². The summed E-state index contributed by atoms with van der Waals surface area (Å²) < 4.78 is 1.60. The maximum atomic E-state index is 12.2. The summed E-state index contributed by atoms with van der Waals surface area (Å²) in [7, 11) is 0. The molecule has 1 fully saturated rings. The number of fused-ring (bicyclic) bond motifs is 1. The topological polar surface area (TPSA) is 49.6 Å². The molecule has 3 heterocycles. The maximum Gasteiger partial charge on any atom is 0.258 e. The van der Waals surface area contributed by atoms with Gasteiger partial charge in [0.05, 0.1) is 5.69 Å². The highest BCUT2D eigenvalue weighted by Gasteiger charge is 2.21. The van der Waals surface area contributed by atoms with Crippen LogP contribution in [-0.4, -0.2) is 39.5 Å². The molecule has 0 radical (unpaired) electrons. The lowest BCUT2D eigenvalue weighted by atomic mass is 10.1. The van der Waals surface area contributed by atoms with Gasteiger partial charge in [-0.15, -0.1) is 0 Å². The molecule has 1 aliphatic heterocycles. The molecule has 2 unspecified atom stereocenters. The summed E-state index contributed by atoms with van der Waals surface area (Å²) >= 11 is 0. The molecule has 2 aromatic heterocycles. The Labute approximate surface area is 124 Å². The van der Waals surface area contributed by atoms with E-state index in [0.717, 1.165) is 36.5 Å². The normalized spacial score (nSPS) is 23.6. The zero-order valence-corrected chi connectivity index (χ0v) is 12.8. The van der Waals surface area contributed by atoms with Crippen molar-refractivity contribution in [2.24, 2.45) is 0 Å². The van der Waals surface area contributed by atoms with Gasteiger partial charge < -0.3 is 5.32 Å². The molecule has 0 saturated carbocycles. The summed E-state index contributed by atoms with van der Waals surface area (Å²) in [6, 6.07) is 6.47. The van der Waals surface area contributed by atoms with Crippen molar-refractivity contribution in [3.05, 3.63) is 46.0 Å². The molecule has 0 amide bonds. The van der Waals surface area contributed by atoms with Crippen LogP contribution in [0, 0.1) is 6.92 Å². The Bertz CT molecular complexity index is 699. The molecule has 5 heteroatoms. The van der Waals surface area contributed by atoms with Crippen molar-refractivity contribution < 1.29 is 0 Å². The molecule has 0 aliphatic carbocycles. The van der Waals surface area contributed by atoms with E-state index in [4.69, 9.17) is 0 Å². The molecule has 2 aromatic rings. The van der Waals surface area contributed by atoms with Gasteiger partial charge in [-0.25, -0.2) is 4.98 Å². The number of aromatic nitrogens is 2. The fourth-order valence-electron chi connectivity index (χ4n) is 3.13. The van der Waals surface area contributed by atoms with E-state index in [9.17, 15) is 4.79 Å². The van der Waals surface area contributed by atoms with Crippen molar-refractivity contribution >= 4 is 5.65 Å². The Hall–Kier alpha value is -1.72. The summed E-state index contributed by atoms with van der Waals surface area (Å²) in [4.78, 5) is 19.2. The number of nitrogens with one attached hydrogen (secondary N) is 1. The van der Waals surface area contributed by atoms with E-state index in [-0.39, 0.29) is 5.56 Å². The van der Waals surface area contributed by atoms with Crippen LogP contribution in [0.1, 0.15) is 25.1 Å². The first-order chi connectivity index (χ1) is 10.0. The third-order valence-corrected chi connectivity index (χ3v) is 3.89. The first kappa shape index (κ1) is 14.2. The van der Waals surface area contributed by atoms with Gasteiger partial charge in [0, 0.05) is 44.0 Å². The second kappa shape index (κ2) is 5.58. The van der Waals surface area contributed by atoms with Crippen LogP contribution >= 0.6 is 0 Å². The fourth-order valence-corrected chi connectivity index (χ4v) is 3.13. The van der Waals surface area contributed by atoms with Crippen LogP contribution < -0.4 is 10.9 Å². The van der Waals surface area contributed by atoms with E-state index < -0.39 is 0 Å². The summed E-state index contributed by atoms with van der Waals surface area (Å²) in [5.41, 5.74) is 2.69. The van der Waals surface area contributed by atoms with Gasteiger partial charge in [-0.2, -0.15) is 0 Å². The number of hydrogen-bond donors (Lipinski definition) is 1. The minimum absolute atomic E-state index is 0.00812. The standard InChI is InChI=1S/C16H22N4O/c1-11-4-5-20-15(6-11)18-14(7-16(20)21)10-19-8-12(2)17-13(3)9-19/h4-7,12-13,17H,8-10H2,1-3H3. The molecule has 0 aromatic carbocycles. The van der Waals surface area contributed by atoms with Crippen LogP contribution in [0.5, 0.6) is 0 Å². The fraction of sp³-hybridized carbons (Fsp3) is 0.500. The largest absolute Gasteiger partial charge is 0.309 e. The lowest BCUT2D eigenvalue weighted by Crippen LogP contribution is -2.53. The molecule has 5 nitrogen and oxygen atoms in total. The molecule has 3 rings (SSSR count). The minimum atomic E-state index is -0.00812. The predicted octanol–water partition coefficient (Wildman–Crippen LogP) is 1.19. The minimum Gasteiger partial charge on any atom is -0.309 e. The van der Waals surface area contributed by atoms with Crippen LogP contribution in [0.3, 0.4) is 0 Å². The second-order valence-electron chi connectivity index (χ2n) is 6.18. The smallest absolute Gasteiger partial charge is 0.258 e. The SMILES string of the molecule is Cc1ccn2c(=O)cc(CN3CC(C)NC(C)C3)nc2c1. The zero-order chi connectivity index (χ0) is 15.0. The molecule has 1 saturated heterocycles. The van der Waals surface area contributed by atoms with Gasteiger partial charge in [-0.3, -0.25) is 14.1 Å². The van der Waals surface area contributed by atoms with Crippen LogP contribution in [0.2, 0.25) is 0 Å². The van der Waals surface area contributed by atoms with Crippen molar-refractivity contribution in [3.63, 3.8) is 0 Å². The molecular weight excluding hydrogens is 264 g/mol. The van der Waals surface area contributed by atoms with Gasteiger partial charge in [0.25, 0.3) is 5.56 Å². The molecular formula is C16H22N4O. The summed E-state index contributed by atoms with van der Waals surface area (Å²) in [6.07, 6.45) is 1.79. The summed E-state index contributed by atoms with van der Waals surface area (Å²) in [5, 5.41) is 3.52. The zero-order valence-electron chi connectivity index (χ0n) is 12.8. The van der Waals surface area contributed by atoms with Crippen LogP contribution in [0.25, 0.3) is 5.65 Å². The number of aryl methyl sites for hydroxylation is 1. The Balaban J connectivity index is 1.89. The van der Waals surface area contributed by atoms with Gasteiger partial charge in [-0.05, 0) is 38.5 Å². The predicted molar refractivity (Wildman–Crippen MR) is 83.5 cm³/mol. The van der Waals surface area contributed by atoms with Crippen molar-refractivity contribution in [2.45, 2.75) is 39.4 Å². The number of nitrogens with zero attached hydrogens (tertiary/aromatic N) is 3. The third kappa shape index (κ3) is 3.14. The highest BCUT2D eigenvalue weighted by atomic mass is 16.1. The number of piperazine rings is 1.